The van der Waals surface area contributed by atoms with Gasteiger partial charge in [0, 0.05) is 13.1 Å². The monoisotopic (exact) mass is 502 g/mol. The van der Waals surface area contributed by atoms with Crippen molar-refractivity contribution in [3.63, 3.8) is 0 Å². The number of aromatic hydroxyl groups is 1. The molecule has 0 aliphatic carbocycles. The van der Waals surface area contributed by atoms with Crippen molar-refractivity contribution in [3.05, 3.63) is 83.4 Å². The molecule has 3 aromatic rings. The van der Waals surface area contributed by atoms with E-state index in [4.69, 9.17) is 4.74 Å². The van der Waals surface area contributed by atoms with Crippen LogP contribution in [0.25, 0.3) is 0 Å². The predicted octanol–water partition coefficient (Wildman–Crippen LogP) is 3.41. The van der Waals surface area contributed by atoms with Gasteiger partial charge in [-0.2, -0.15) is 8.61 Å². The van der Waals surface area contributed by atoms with Gasteiger partial charge < -0.3 is 9.84 Å². The van der Waals surface area contributed by atoms with E-state index in [1.54, 1.807) is 24.3 Å². The number of hydrogen-bond acceptors (Lipinski definition) is 6. The molecule has 10 heteroatoms. The molecule has 8 nitrogen and oxygen atoms in total. The molecule has 0 spiro atoms. The maximum atomic E-state index is 13.6. The fraction of sp³-hybridized carbons (Fsp3) is 0.250. The molecule has 1 heterocycles. The van der Waals surface area contributed by atoms with Crippen molar-refractivity contribution < 1.29 is 26.7 Å². The number of rotatable bonds is 6. The van der Waals surface area contributed by atoms with Gasteiger partial charge in [0.15, 0.2) is 11.5 Å². The van der Waals surface area contributed by atoms with Crippen LogP contribution in [0.2, 0.25) is 0 Å². The normalized spacial score (nSPS) is 16.1. The summed E-state index contributed by atoms with van der Waals surface area (Å²) in [7, 11) is -6.71. The summed E-state index contributed by atoms with van der Waals surface area (Å²) in [6.07, 6.45) is -1.16. The molecule has 3 aromatic carbocycles. The van der Waals surface area contributed by atoms with Crippen LogP contribution in [0.1, 0.15) is 22.9 Å². The molecule has 4 rings (SSSR count). The maximum Gasteiger partial charge on any atom is 0.244 e. The molecule has 180 valence electrons. The van der Waals surface area contributed by atoms with Crippen molar-refractivity contribution in [2.45, 2.75) is 29.8 Å². The Balaban J connectivity index is 1.86. The zero-order chi connectivity index (χ0) is 24.7. The molecule has 1 fully saturated rings. The Morgan fingerprint density at radius 2 is 1.21 bits per heavy atom. The van der Waals surface area contributed by atoms with E-state index in [0.29, 0.717) is 5.56 Å². The summed E-state index contributed by atoms with van der Waals surface area (Å²) in [6.45, 7) is 3.64. The minimum Gasteiger partial charge on any atom is -0.504 e. The fourth-order valence-electron chi connectivity index (χ4n) is 3.97. The molecular formula is C24H26N2O6S2. The van der Waals surface area contributed by atoms with Crippen molar-refractivity contribution in [3.8, 4) is 11.5 Å². The highest BCUT2D eigenvalue weighted by Crippen LogP contribution is 2.41. The zero-order valence-electron chi connectivity index (χ0n) is 19.0. The van der Waals surface area contributed by atoms with E-state index in [1.807, 2.05) is 13.8 Å². The van der Waals surface area contributed by atoms with E-state index in [-0.39, 0.29) is 34.4 Å². The van der Waals surface area contributed by atoms with Crippen LogP contribution in [0.3, 0.4) is 0 Å². The molecule has 1 saturated heterocycles. The third-order valence-corrected chi connectivity index (χ3v) is 9.58. The van der Waals surface area contributed by atoms with Gasteiger partial charge in [0.05, 0.1) is 16.9 Å². The second-order valence-electron chi connectivity index (χ2n) is 8.16. The molecule has 0 radical (unpaired) electrons. The van der Waals surface area contributed by atoms with E-state index in [9.17, 15) is 21.9 Å². The first-order chi connectivity index (χ1) is 16.1. The summed E-state index contributed by atoms with van der Waals surface area (Å²) in [5, 5.41) is 10.0. The molecule has 34 heavy (non-hydrogen) atoms. The molecule has 0 amide bonds. The van der Waals surface area contributed by atoms with Crippen LogP contribution in [0.4, 0.5) is 0 Å². The fourth-order valence-corrected chi connectivity index (χ4v) is 7.17. The van der Waals surface area contributed by atoms with Gasteiger partial charge in [-0.15, -0.1) is 0 Å². The average Bonchev–Trinajstić information content (AvgIpc) is 3.27. The molecule has 0 aromatic heterocycles. The zero-order valence-corrected chi connectivity index (χ0v) is 20.7. The molecule has 1 aliphatic rings. The number of phenolic OH excluding ortho intramolecular Hbond substituents is 1. The van der Waals surface area contributed by atoms with Crippen molar-refractivity contribution in [2.24, 2.45) is 0 Å². The Morgan fingerprint density at radius 1 is 0.765 bits per heavy atom. The first-order valence-corrected chi connectivity index (χ1v) is 13.5. The van der Waals surface area contributed by atoms with Gasteiger partial charge in [0.25, 0.3) is 0 Å². The smallest absolute Gasteiger partial charge is 0.244 e. The lowest BCUT2D eigenvalue weighted by atomic mass is 10.1. The maximum absolute atomic E-state index is 13.6. The molecule has 1 aliphatic heterocycles. The largest absolute Gasteiger partial charge is 0.504 e. The van der Waals surface area contributed by atoms with Crippen molar-refractivity contribution >= 4 is 20.0 Å². The summed E-state index contributed by atoms with van der Waals surface area (Å²) in [6, 6.07) is 17.2. The summed E-state index contributed by atoms with van der Waals surface area (Å²) in [5.74, 6) is -0.0186. The summed E-state index contributed by atoms with van der Waals surface area (Å²) < 4.78 is 62.1. The number of phenols is 1. The van der Waals surface area contributed by atoms with Gasteiger partial charge >= 0.3 is 0 Å². The van der Waals surface area contributed by atoms with E-state index < -0.39 is 26.2 Å². The molecule has 0 unspecified atom stereocenters. The number of hydrogen-bond donors (Lipinski definition) is 1. The average molecular weight is 503 g/mol. The first-order valence-electron chi connectivity index (χ1n) is 10.6. The van der Waals surface area contributed by atoms with E-state index in [1.165, 1.54) is 58.2 Å². The molecule has 0 bridgehead atoms. The summed E-state index contributed by atoms with van der Waals surface area (Å²) >= 11 is 0. The van der Waals surface area contributed by atoms with Crippen LogP contribution < -0.4 is 4.74 Å². The topological polar surface area (TPSA) is 104 Å². The SMILES string of the molecule is COc1cc(C2N(S(=O)(=O)c3ccc(C)cc3)CCN2S(=O)(=O)c2ccc(C)cc2)ccc1O. The van der Waals surface area contributed by atoms with Crippen LogP contribution >= 0.6 is 0 Å². The van der Waals surface area contributed by atoms with E-state index in [0.717, 1.165) is 11.1 Å². The standard InChI is InChI=1S/C24H26N2O6S2/c1-17-4-9-20(10-5-17)33(28,29)25-14-15-26(34(30,31)21-11-6-18(2)7-12-21)24(25)19-8-13-22(27)23(16-19)32-3/h4-13,16,24,27H,14-15H2,1-3H3. The Kier molecular flexibility index (Phi) is 6.43. The first kappa shape index (κ1) is 24.2. The second-order valence-corrected chi connectivity index (χ2v) is 11.9. The summed E-state index contributed by atoms with van der Waals surface area (Å²) in [5.41, 5.74) is 2.17. The highest BCUT2D eigenvalue weighted by molar-refractivity contribution is 7.90. The van der Waals surface area contributed by atoms with E-state index in [2.05, 4.69) is 0 Å². The van der Waals surface area contributed by atoms with Gasteiger partial charge in [-0.05, 0) is 55.8 Å². The Morgan fingerprint density at radius 3 is 1.62 bits per heavy atom. The van der Waals surface area contributed by atoms with Crippen LogP contribution in [0.5, 0.6) is 11.5 Å². The Bertz CT molecular complexity index is 1320. The quantitative estimate of drug-likeness (QED) is 0.554. The number of benzene rings is 3. The highest BCUT2D eigenvalue weighted by Gasteiger charge is 2.46. The second kappa shape index (κ2) is 9.03. The van der Waals surface area contributed by atoms with Gasteiger partial charge in [-0.1, -0.05) is 41.5 Å². The molecular weight excluding hydrogens is 476 g/mol. The van der Waals surface area contributed by atoms with Crippen LogP contribution in [-0.2, 0) is 20.0 Å². The van der Waals surface area contributed by atoms with Crippen molar-refractivity contribution in [2.75, 3.05) is 20.2 Å². The van der Waals surface area contributed by atoms with Gasteiger partial charge in [-0.25, -0.2) is 16.8 Å². The van der Waals surface area contributed by atoms with Gasteiger partial charge in [0.2, 0.25) is 20.0 Å². The lowest BCUT2D eigenvalue weighted by molar-refractivity contribution is 0.290. The van der Waals surface area contributed by atoms with Crippen molar-refractivity contribution in [1.29, 1.82) is 0 Å². The number of aryl methyl sites for hydroxylation is 2. The molecule has 0 saturated carbocycles. The van der Waals surface area contributed by atoms with Crippen LogP contribution in [0, 0.1) is 13.8 Å². The van der Waals surface area contributed by atoms with Crippen molar-refractivity contribution in [1.82, 2.24) is 8.61 Å². The molecule has 1 N–H and O–H groups in total. The predicted molar refractivity (Wildman–Crippen MR) is 128 cm³/mol. The van der Waals surface area contributed by atoms with Gasteiger partial charge in [0.1, 0.15) is 6.17 Å². The lowest BCUT2D eigenvalue weighted by Crippen LogP contribution is -2.38. The third-order valence-electron chi connectivity index (χ3n) is 5.84. The van der Waals surface area contributed by atoms with Crippen LogP contribution in [-0.4, -0.2) is 50.8 Å². The van der Waals surface area contributed by atoms with Gasteiger partial charge in [-0.3, -0.25) is 0 Å². The van der Waals surface area contributed by atoms with Crippen LogP contribution in [0.15, 0.2) is 76.5 Å². The molecule has 0 atom stereocenters. The summed E-state index contributed by atoms with van der Waals surface area (Å²) in [4.78, 5) is 0.145. The van der Waals surface area contributed by atoms with E-state index >= 15 is 0 Å². The number of methoxy groups -OCH3 is 1. The minimum absolute atomic E-state index is 0.0326. The minimum atomic E-state index is -4.04. The highest BCUT2D eigenvalue weighted by atomic mass is 32.2. The third kappa shape index (κ3) is 4.29. The number of sulfonamides is 2. The Hall–Kier alpha value is -2.92. The lowest BCUT2D eigenvalue weighted by Gasteiger charge is -2.30. The number of nitrogens with zero attached hydrogens (tertiary/aromatic N) is 2. The number of ether oxygens (including phenoxy) is 1. The Labute approximate surface area is 200 Å².